The lowest BCUT2D eigenvalue weighted by Gasteiger charge is -2.48. The summed E-state index contributed by atoms with van der Waals surface area (Å²) in [6.07, 6.45) is 24.5. The molecule has 0 amide bonds. The molecule has 0 bridgehead atoms. The van der Waals surface area contributed by atoms with Gasteiger partial charge in [0.05, 0.1) is 5.92 Å². The summed E-state index contributed by atoms with van der Waals surface area (Å²) in [7, 11) is 0. The Balaban J connectivity index is 2.42. The van der Waals surface area contributed by atoms with Crippen molar-refractivity contribution in [3.63, 3.8) is 0 Å². The molecule has 0 radical (unpaired) electrons. The number of rotatable bonds is 62. The molecule has 101 heavy (non-hydrogen) atoms. The van der Waals surface area contributed by atoms with Gasteiger partial charge in [-0.3, -0.25) is 38.4 Å². The quantitative estimate of drug-likeness (QED) is 0.0312. The molecular formula is C82H144O19. The molecule has 1 aliphatic carbocycles. The summed E-state index contributed by atoms with van der Waals surface area (Å²) in [5.41, 5.74) is 0. The van der Waals surface area contributed by atoms with Gasteiger partial charge in [0, 0.05) is 44.9 Å². The zero-order valence-electron chi connectivity index (χ0n) is 64.7. The lowest BCUT2D eigenvalue weighted by Crippen LogP contribution is -2.67. The van der Waals surface area contributed by atoms with E-state index >= 15 is 4.79 Å². The molecule has 19 nitrogen and oxygen atoms in total. The van der Waals surface area contributed by atoms with Crippen molar-refractivity contribution in [3.8, 4) is 0 Å². The number of unbranched alkanes of at least 4 members (excludes halogenated alkanes) is 35. The van der Waals surface area contributed by atoms with E-state index in [1.54, 1.807) is 0 Å². The predicted octanol–water partition coefficient (Wildman–Crippen LogP) is 19.8. The summed E-state index contributed by atoms with van der Waals surface area (Å²) < 4.78 is 72.3. The van der Waals surface area contributed by atoms with E-state index in [0.29, 0.717) is 57.8 Å². The molecule has 3 rings (SSSR count). The average Bonchev–Trinajstić information content (AvgIpc) is 0.766. The highest BCUT2D eigenvalue weighted by molar-refractivity contribution is 5.74. The minimum atomic E-state index is -1.84. The molecule has 2 heterocycles. The number of carbonyl (C=O) groups excluding carboxylic acids is 8. The molecule has 1 saturated carbocycles. The van der Waals surface area contributed by atoms with Crippen molar-refractivity contribution in [2.45, 2.75) is 457 Å². The van der Waals surface area contributed by atoms with Crippen molar-refractivity contribution in [1.82, 2.24) is 0 Å². The van der Waals surface area contributed by atoms with Crippen LogP contribution < -0.4 is 0 Å². The van der Waals surface area contributed by atoms with Crippen LogP contribution in [0.5, 0.6) is 0 Å². The van der Waals surface area contributed by atoms with Crippen molar-refractivity contribution in [3.05, 3.63) is 0 Å². The molecule has 0 aromatic heterocycles. The predicted molar refractivity (Wildman–Crippen MR) is 392 cm³/mol. The lowest BCUT2D eigenvalue weighted by molar-refractivity contribution is -0.358. The van der Waals surface area contributed by atoms with Gasteiger partial charge in [0.2, 0.25) is 12.4 Å². The Hall–Kier alpha value is -4.36. The van der Waals surface area contributed by atoms with Gasteiger partial charge < -0.3 is 52.1 Å². The van der Waals surface area contributed by atoms with Gasteiger partial charge in [-0.1, -0.05) is 292 Å². The minimum absolute atomic E-state index is 0.00435. The summed E-state index contributed by atoms with van der Waals surface area (Å²) in [5.74, 6) is -5.61. The second kappa shape index (κ2) is 59.8. The summed E-state index contributed by atoms with van der Waals surface area (Å²) in [4.78, 5) is 116. The molecule has 0 aromatic carbocycles. The summed E-state index contributed by atoms with van der Waals surface area (Å²) in [6.45, 7) is 13.9. The van der Waals surface area contributed by atoms with Crippen LogP contribution in [0, 0.1) is 5.92 Å². The van der Waals surface area contributed by atoms with Crippen LogP contribution in [0.3, 0.4) is 0 Å². The highest BCUT2D eigenvalue weighted by Crippen LogP contribution is 2.38. The maximum Gasteiger partial charge on any atom is 0.309 e. The molecule has 2 saturated heterocycles. The van der Waals surface area contributed by atoms with Crippen molar-refractivity contribution in [2.24, 2.45) is 5.92 Å². The van der Waals surface area contributed by atoms with Crippen LogP contribution in [0.1, 0.15) is 395 Å². The van der Waals surface area contributed by atoms with Crippen molar-refractivity contribution in [2.75, 3.05) is 13.2 Å². The number of esters is 8. The van der Waals surface area contributed by atoms with Gasteiger partial charge in [0.15, 0.2) is 30.7 Å². The van der Waals surface area contributed by atoms with Gasteiger partial charge in [-0.15, -0.1) is 0 Å². The van der Waals surface area contributed by atoms with Gasteiger partial charge in [-0.2, -0.15) is 0 Å². The first-order valence-electron chi connectivity index (χ1n) is 41.7. The highest BCUT2D eigenvalue weighted by atomic mass is 16.8. The van der Waals surface area contributed by atoms with Crippen LogP contribution in [-0.4, -0.2) is 122 Å². The Kier molecular flexibility index (Phi) is 53.8. The van der Waals surface area contributed by atoms with Crippen molar-refractivity contribution in [1.29, 1.82) is 0 Å². The molecule has 2 aliphatic heterocycles. The molecule has 3 aliphatic rings. The SMILES string of the molecule is CCCCCCCCC(=O)OC[C@H]1O[C@@H](O[C@H]2[C@H](OC(=O)C3CCCCC3)[C@@H](OC(=O)CCCCCCCC)[C@H](OC(=O)CCCCCCCC)O[C@@H]2COC(=O)CCCCCCCC)[C@H](OC(=O)CCCCCCCC)[C@@H](OC(=O)CCCCCCCC)[C@@H]1OC(=O)CCCCCCCC. The number of ether oxygens (including phenoxy) is 11. The molecule has 3 fully saturated rings. The zero-order chi connectivity index (χ0) is 73.3. The van der Waals surface area contributed by atoms with Crippen LogP contribution >= 0.6 is 0 Å². The third-order valence-electron chi connectivity index (χ3n) is 19.9. The molecule has 0 spiro atoms. The summed E-state index contributed by atoms with van der Waals surface area (Å²) >= 11 is 0. The first kappa shape index (κ1) is 90.9. The maximum atomic E-state index is 15.0. The van der Waals surface area contributed by atoms with Gasteiger partial charge in [0.25, 0.3) is 0 Å². The van der Waals surface area contributed by atoms with Gasteiger partial charge in [0.1, 0.15) is 31.5 Å². The summed E-state index contributed by atoms with van der Waals surface area (Å²) in [6, 6.07) is 0. The number of carbonyl (C=O) groups is 8. The van der Waals surface area contributed by atoms with Crippen molar-refractivity contribution >= 4 is 47.8 Å². The number of hydrogen-bond acceptors (Lipinski definition) is 19. The van der Waals surface area contributed by atoms with Gasteiger partial charge in [-0.05, 0) is 57.8 Å². The molecule has 586 valence electrons. The van der Waals surface area contributed by atoms with E-state index in [1.807, 2.05) is 0 Å². The van der Waals surface area contributed by atoms with Gasteiger partial charge in [-0.25, -0.2) is 0 Å². The minimum Gasteiger partial charge on any atom is -0.463 e. The van der Waals surface area contributed by atoms with Crippen LogP contribution in [0.25, 0.3) is 0 Å². The maximum absolute atomic E-state index is 15.0. The Labute approximate surface area is 611 Å². The van der Waals surface area contributed by atoms with E-state index in [4.69, 9.17) is 52.1 Å². The molecule has 10 atom stereocenters. The molecular weight excluding hydrogens is 1290 g/mol. The molecule has 0 N–H and O–H groups in total. The third-order valence-corrected chi connectivity index (χ3v) is 19.9. The van der Waals surface area contributed by atoms with Crippen LogP contribution in [-0.2, 0) is 90.5 Å². The van der Waals surface area contributed by atoms with Crippen LogP contribution in [0.2, 0.25) is 0 Å². The topological polar surface area (TPSA) is 238 Å². The molecule has 19 heteroatoms. The second-order valence-electron chi connectivity index (χ2n) is 29.2. The third kappa shape index (κ3) is 41.8. The van der Waals surface area contributed by atoms with E-state index < -0.39 is 128 Å². The van der Waals surface area contributed by atoms with E-state index in [9.17, 15) is 33.6 Å². The standard InChI is InChI=1S/C82H144O19/c1-8-15-22-29-36-46-55-67(83)91-62-65-74(95-69(85)57-48-38-31-24-17-10-3)76(96-70(86)58-49-39-32-25-18-11-4)78(97-71(87)59-50-40-33-26-19-12-5)82(94-65)101-75-66(63-92-68(84)56-47-37-30-23-16-9-2)93-81(99-73(89)61-52-42-35-28-21-14-7)79(98-72(88)60-51-41-34-27-20-13-6)77(75)100-80(90)64-53-44-43-45-54-64/h64-66,74-79,81-82H,8-63H2,1-7H3/t65-,66-,74-,75-,76+,77+,78-,79-,81+,82+/m1/s1. The lowest BCUT2D eigenvalue weighted by atomic mass is 9.89. The number of hydrogen-bond donors (Lipinski definition) is 0. The van der Waals surface area contributed by atoms with E-state index in [-0.39, 0.29) is 44.9 Å². The van der Waals surface area contributed by atoms with Gasteiger partial charge >= 0.3 is 47.8 Å². The highest BCUT2D eigenvalue weighted by Gasteiger charge is 2.59. The van der Waals surface area contributed by atoms with Crippen molar-refractivity contribution < 1.29 is 90.5 Å². The Morgan fingerprint density at radius 3 is 0.861 bits per heavy atom. The first-order valence-corrected chi connectivity index (χ1v) is 41.7. The Morgan fingerprint density at radius 1 is 0.257 bits per heavy atom. The van der Waals surface area contributed by atoms with E-state index in [1.165, 1.54) is 0 Å². The van der Waals surface area contributed by atoms with Crippen LogP contribution in [0.4, 0.5) is 0 Å². The fourth-order valence-corrected chi connectivity index (χ4v) is 13.7. The molecule has 0 unspecified atom stereocenters. The smallest absolute Gasteiger partial charge is 0.309 e. The fraction of sp³-hybridized carbons (Fsp3) is 0.902. The second-order valence-corrected chi connectivity index (χ2v) is 29.2. The van der Waals surface area contributed by atoms with Crippen LogP contribution in [0.15, 0.2) is 0 Å². The Morgan fingerprint density at radius 2 is 0.515 bits per heavy atom. The summed E-state index contributed by atoms with van der Waals surface area (Å²) in [5, 5.41) is 0. The normalized spacial score (nSPS) is 21.5. The van der Waals surface area contributed by atoms with E-state index in [2.05, 4.69) is 48.5 Å². The molecule has 0 aromatic rings. The first-order chi connectivity index (χ1) is 49.2. The monoisotopic (exact) mass is 1430 g/mol. The Bertz CT molecular complexity index is 2170. The fourth-order valence-electron chi connectivity index (χ4n) is 13.7. The average molecular weight is 1430 g/mol. The van der Waals surface area contributed by atoms with E-state index in [0.717, 1.165) is 244 Å². The largest absolute Gasteiger partial charge is 0.463 e. The zero-order valence-corrected chi connectivity index (χ0v) is 64.7.